The number of hydrogen-bond donors (Lipinski definition) is 1. The first-order valence-corrected chi connectivity index (χ1v) is 15.6. The van der Waals surface area contributed by atoms with Gasteiger partial charge in [0, 0.05) is 27.7 Å². The van der Waals surface area contributed by atoms with Gasteiger partial charge in [-0.15, -0.1) is 0 Å². The SMILES string of the molecule is Cc1cc(-c2ccc3[nH]c4ccccc4c3c2)c2ccccc2c1C1C=CC=CC1C.Cc1ccc(-c2ccccc2)cc1. The van der Waals surface area contributed by atoms with Gasteiger partial charge in [0.25, 0.3) is 0 Å². The normalized spacial score (nSPS) is 15.9. The van der Waals surface area contributed by atoms with Gasteiger partial charge in [0.2, 0.25) is 0 Å². The number of aromatic amines is 1. The molecule has 0 aliphatic heterocycles. The van der Waals surface area contributed by atoms with E-state index in [-0.39, 0.29) is 0 Å². The minimum atomic E-state index is 0.417. The Kier molecular flexibility index (Phi) is 7.46. The van der Waals surface area contributed by atoms with Gasteiger partial charge in [-0.25, -0.2) is 0 Å². The van der Waals surface area contributed by atoms with Crippen molar-refractivity contribution >= 4 is 32.6 Å². The fourth-order valence-corrected chi connectivity index (χ4v) is 6.69. The summed E-state index contributed by atoms with van der Waals surface area (Å²) in [5.41, 5.74) is 11.7. The topological polar surface area (TPSA) is 15.8 Å². The second-order valence-electron chi connectivity index (χ2n) is 12.0. The van der Waals surface area contributed by atoms with Crippen LogP contribution in [0.25, 0.3) is 54.8 Å². The molecule has 1 nitrogen and oxygen atoms in total. The van der Waals surface area contributed by atoms with Gasteiger partial charge in [-0.05, 0) is 82.1 Å². The maximum atomic E-state index is 3.55. The summed E-state index contributed by atoms with van der Waals surface area (Å²) in [4.78, 5) is 3.55. The average Bonchev–Trinajstić information content (AvgIpc) is 3.44. The van der Waals surface area contributed by atoms with Crippen molar-refractivity contribution in [3.8, 4) is 22.3 Å². The number of rotatable bonds is 3. The third-order valence-corrected chi connectivity index (χ3v) is 9.01. The van der Waals surface area contributed by atoms with Crippen LogP contribution in [-0.2, 0) is 0 Å². The molecule has 0 fully saturated rings. The zero-order valence-corrected chi connectivity index (χ0v) is 25.6. The molecule has 0 radical (unpaired) electrons. The summed E-state index contributed by atoms with van der Waals surface area (Å²) in [5.74, 6) is 0.917. The van der Waals surface area contributed by atoms with Gasteiger partial charge in [0.1, 0.15) is 0 Å². The van der Waals surface area contributed by atoms with Crippen molar-refractivity contribution < 1.29 is 0 Å². The first-order chi connectivity index (χ1) is 21.6. The van der Waals surface area contributed by atoms with Gasteiger partial charge in [-0.1, -0.05) is 146 Å². The van der Waals surface area contributed by atoms with Gasteiger partial charge < -0.3 is 4.98 Å². The van der Waals surface area contributed by atoms with Crippen molar-refractivity contribution in [2.45, 2.75) is 26.7 Å². The van der Waals surface area contributed by atoms with Crippen molar-refractivity contribution in [2.24, 2.45) is 5.92 Å². The van der Waals surface area contributed by atoms with E-state index in [1.807, 2.05) is 6.07 Å². The molecule has 0 bridgehead atoms. The number of fused-ring (bicyclic) bond motifs is 4. The van der Waals surface area contributed by atoms with E-state index in [9.17, 15) is 0 Å². The predicted molar refractivity (Wildman–Crippen MR) is 190 cm³/mol. The second kappa shape index (κ2) is 11.9. The van der Waals surface area contributed by atoms with E-state index in [0.29, 0.717) is 11.8 Å². The van der Waals surface area contributed by atoms with Gasteiger partial charge in [0.15, 0.2) is 0 Å². The van der Waals surface area contributed by atoms with E-state index in [0.717, 1.165) is 0 Å². The van der Waals surface area contributed by atoms with E-state index >= 15 is 0 Å². The molecule has 0 saturated carbocycles. The Morgan fingerprint density at radius 3 is 1.89 bits per heavy atom. The first-order valence-electron chi connectivity index (χ1n) is 15.6. The molecule has 6 aromatic carbocycles. The third-order valence-electron chi connectivity index (χ3n) is 9.01. The highest BCUT2D eigenvalue weighted by Gasteiger charge is 2.22. The van der Waals surface area contributed by atoms with Gasteiger partial charge in [0.05, 0.1) is 0 Å². The van der Waals surface area contributed by atoms with Crippen molar-refractivity contribution in [3.05, 3.63) is 168 Å². The molecule has 214 valence electrons. The molecule has 0 spiro atoms. The van der Waals surface area contributed by atoms with Crippen LogP contribution in [-0.4, -0.2) is 4.98 Å². The number of para-hydroxylation sites is 1. The molecule has 1 aliphatic carbocycles. The lowest BCUT2D eigenvalue weighted by atomic mass is 9.78. The van der Waals surface area contributed by atoms with Crippen LogP contribution in [0.3, 0.4) is 0 Å². The average molecular weight is 568 g/mol. The fraction of sp³-hybridized carbons (Fsp3) is 0.116. The van der Waals surface area contributed by atoms with Gasteiger partial charge in [-0.3, -0.25) is 0 Å². The summed E-state index contributed by atoms with van der Waals surface area (Å²) < 4.78 is 0. The van der Waals surface area contributed by atoms with E-state index < -0.39 is 0 Å². The molecular weight excluding hydrogens is 530 g/mol. The molecule has 2 unspecified atom stereocenters. The molecule has 0 saturated heterocycles. The smallest absolute Gasteiger partial charge is 0.0465 e. The minimum Gasteiger partial charge on any atom is -0.355 e. The van der Waals surface area contributed by atoms with Crippen LogP contribution in [0.2, 0.25) is 0 Å². The number of hydrogen-bond acceptors (Lipinski definition) is 0. The number of H-pyrrole nitrogens is 1. The summed E-state index contributed by atoms with van der Waals surface area (Å²) >= 11 is 0. The highest BCUT2D eigenvalue weighted by atomic mass is 14.7. The highest BCUT2D eigenvalue weighted by Crippen LogP contribution is 2.41. The maximum Gasteiger partial charge on any atom is 0.0465 e. The first kappa shape index (κ1) is 27.7. The van der Waals surface area contributed by atoms with Crippen LogP contribution in [0.4, 0.5) is 0 Å². The van der Waals surface area contributed by atoms with E-state index in [2.05, 4.69) is 171 Å². The van der Waals surface area contributed by atoms with E-state index in [1.165, 1.54) is 71.5 Å². The van der Waals surface area contributed by atoms with Crippen LogP contribution in [0.5, 0.6) is 0 Å². The number of benzene rings is 6. The fourth-order valence-electron chi connectivity index (χ4n) is 6.69. The van der Waals surface area contributed by atoms with Crippen LogP contribution in [0, 0.1) is 19.8 Å². The molecule has 1 heteroatoms. The maximum absolute atomic E-state index is 3.55. The quantitative estimate of drug-likeness (QED) is 0.219. The van der Waals surface area contributed by atoms with Crippen molar-refractivity contribution in [1.82, 2.24) is 4.98 Å². The molecule has 2 atom stereocenters. The van der Waals surface area contributed by atoms with Gasteiger partial charge in [-0.2, -0.15) is 0 Å². The highest BCUT2D eigenvalue weighted by molar-refractivity contribution is 6.10. The Hall–Kier alpha value is -5.14. The molecule has 7 aromatic rings. The molecular formula is C43H37N. The zero-order chi connectivity index (χ0) is 30.0. The molecule has 44 heavy (non-hydrogen) atoms. The Labute approximate surface area is 260 Å². The van der Waals surface area contributed by atoms with E-state index in [1.54, 1.807) is 0 Å². The zero-order valence-electron chi connectivity index (χ0n) is 25.6. The molecule has 1 heterocycles. The Morgan fingerprint density at radius 1 is 0.500 bits per heavy atom. The van der Waals surface area contributed by atoms with Crippen molar-refractivity contribution in [3.63, 3.8) is 0 Å². The van der Waals surface area contributed by atoms with Crippen molar-refractivity contribution in [2.75, 3.05) is 0 Å². The van der Waals surface area contributed by atoms with Crippen LogP contribution in [0.1, 0.15) is 29.5 Å². The lowest BCUT2D eigenvalue weighted by Gasteiger charge is -2.25. The lowest BCUT2D eigenvalue weighted by Crippen LogP contribution is -2.10. The lowest BCUT2D eigenvalue weighted by molar-refractivity contribution is 0.636. The minimum absolute atomic E-state index is 0.417. The second-order valence-corrected chi connectivity index (χ2v) is 12.0. The predicted octanol–water partition coefficient (Wildman–Crippen LogP) is 12.0. The number of nitrogens with one attached hydrogen (secondary N) is 1. The summed E-state index contributed by atoms with van der Waals surface area (Å²) in [6.07, 6.45) is 9.04. The Morgan fingerprint density at radius 2 is 1.11 bits per heavy atom. The molecule has 1 N–H and O–H groups in total. The molecule has 1 aromatic heterocycles. The summed E-state index contributed by atoms with van der Waals surface area (Å²) in [6, 6.07) is 45.7. The van der Waals surface area contributed by atoms with E-state index in [4.69, 9.17) is 0 Å². The number of aryl methyl sites for hydroxylation is 2. The molecule has 0 amide bonds. The van der Waals surface area contributed by atoms with Gasteiger partial charge >= 0.3 is 0 Å². The van der Waals surface area contributed by atoms with Crippen molar-refractivity contribution in [1.29, 1.82) is 0 Å². The summed E-state index contributed by atoms with van der Waals surface area (Å²) in [7, 11) is 0. The Bertz CT molecular complexity index is 2140. The third kappa shape index (κ3) is 5.27. The molecule has 8 rings (SSSR count). The monoisotopic (exact) mass is 567 g/mol. The number of allylic oxidation sites excluding steroid dienone is 4. The van der Waals surface area contributed by atoms with Crippen LogP contribution < -0.4 is 0 Å². The summed E-state index contributed by atoms with van der Waals surface area (Å²) in [5, 5.41) is 5.27. The standard InChI is InChI=1S/C30H25N.C13H12/c1-19-9-3-4-10-22(19)30-20(2)17-26(23-11-5-6-13-25(23)30)21-15-16-29-27(18-21)24-12-7-8-14-28(24)31-29;1-11-7-9-13(10-8-11)12-5-3-2-4-6-12/h3-19,22,31H,1-2H3;2-10H,1H3. The Balaban J connectivity index is 0.000000201. The molecule has 1 aliphatic rings. The number of aromatic nitrogens is 1. The van der Waals surface area contributed by atoms with Crippen LogP contribution >= 0.6 is 0 Å². The van der Waals surface area contributed by atoms with Crippen LogP contribution in [0.15, 0.2) is 152 Å². The summed E-state index contributed by atoms with van der Waals surface area (Å²) in [6.45, 7) is 6.70. The largest absolute Gasteiger partial charge is 0.355 e.